The van der Waals surface area contributed by atoms with Crippen LogP contribution in [-0.2, 0) is 35.3 Å². The van der Waals surface area contributed by atoms with Crippen molar-refractivity contribution in [2.24, 2.45) is 11.8 Å². The number of aliphatic hydroxyl groups excluding tert-OH is 1. The van der Waals surface area contributed by atoms with Crippen LogP contribution in [0.3, 0.4) is 0 Å². The molecule has 49 heavy (non-hydrogen) atoms. The Morgan fingerprint density at radius 2 is 1.92 bits per heavy atom. The Morgan fingerprint density at radius 1 is 1.14 bits per heavy atom. The lowest BCUT2D eigenvalue weighted by atomic mass is 9.70. The Kier molecular flexibility index (Phi) is 10.2. The fourth-order valence-corrected chi connectivity index (χ4v) is 7.55. The number of allylic oxidation sites excluding steroid dienone is 1. The fraction of sp³-hybridized carbons (Fsp3) is 0.444. The first-order chi connectivity index (χ1) is 23.8. The molecule has 3 aliphatic rings. The number of hydrogen-bond acceptors (Lipinski definition) is 9. The van der Waals surface area contributed by atoms with Gasteiger partial charge < -0.3 is 29.7 Å². The third kappa shape index (κ3) is 6.47. The van der Waals surface area contributed by atoms with Crippen molar-refractivity contribution in [1.29, 1.82) is 0 Å². The van der Waals surface area contributed by atoms with Gasteiger partial charge in [0.2, 0.25) is 17.7 Å². The zero-order valence-corrected chi connectivity index (χ0v) is 27.4. The number of nitrogens with zero attached hydrogens (tertiary/aromatic N) is 5. The van der Waals surface area contributed by atoms with Crippen molar-refractivity contribution in [3.63, 3.8) is 0 Å². The lowest BCUT2D eigenvalue weighted by molar-refractivity contribution is -0.160. The van der Waals surface area contributed by atoms with Gasteiger partial charge in [0, 0.05) is 26.1 Å². The number of carbonyl (C=O) groups is 4. The smallest absolute Gasteiger partial charge is 0.313 e. The van der Waals surface area contributed by atoms with E-state index in [0.717, 1.165) is 5.52 Å². The maximum Gasteiger partial charge on any atom is 0.313 e. The number of para-hydroxylation sites is 1. The summed E-state index contributed by atoms with van der Waals surface area (Å²) in [7, 11) is 0. The van der Waals surface area contributed by atoms with Crippen LogP contribution < -0.4 is 5.32 Å². The average Bonchev–Trinajstić information content (AvgIpc) is 3.87. The number of ether oxygens (including phenoxy) is 2. The molecule has 0 unspecified atom stereocenters. The number of benzene rings is 2. The minimum absolute atomic E-state index is 0.0466. The van der Waals surface area contributed by atoms with Gasteiger partial charge in [0.05, 0.1) is 30.0 Å². The van der Waals surface area contributed by atoms with E-state index < -0.39 is 41.7 Å². The summed E-state index contributed by atoms with van der Waals surface area (Å²) >= 11 is 0. The van der Waals surface area contributed by atoms with Gasteiger partial charge in [-0.2, -0.15) is 0 Å². The van der Waals surface area contributed by atoms with Gasteiger partial charge in [-0.25, -0.2) is 4.68 Å². The molecule has 2 N–H and O–H groups in total. The van der Waals surface area contributed by atoms with E-state index in [4.69, 9.17) is 9.47 Å². The molecule has 6 atom stereocenters. The predicted octanol–water partition coefficient (Wildman–Crippen LogP) is 2.53. The van der Waals surface area contributed by atoms with Gasteiger partial charge in [0.15, 0.2) is 0 Å². The van der Waals surface area contributed by atoms with Gasteiger partial charge in [0.25, 0.3) is 0 Å². The van der Waals surface area contributed by atoms with Crippen molar-refractivity contribution in [2.45, 2.75) is 62.6 Å². The van der Waals surface area contributed by atoms with E-state index in [0.29, 0.717) is 30.3 Å². The van der Waals surface area contributed by atoms with Crippen LogP contribution in [0.1, 0.15) is 43.8 Å². The Hall–Kier alpha value is -4.88. The van der Waals surface area contributed by atoms with E-state index in [2.05, 4.69) is 28.8 Å². The maximum absolute atomic E-state index is 14.6. The number of fused-ring (bicyclic) bond motifs is 2. The van der Waals surface area contributed by atoms with E-state index in [-0.39, 0.29) is 63.5 Å². The Morgan fingerprint density at radius 3 is 2.67 bits per heavy atom. The largest absolute Gasteiger partial charge is 0.455 e. The average molecular weight is 671 g/mol. The lowest BCUT2D eigenvalue weighted by Gasteiger charge is -2.36. The van der Waals surface area contributed by atoms with Crippen LogP contribution in [0.15, 0.2) is 79.9 Å². The minimum Gasteiger partial charge on any atom is -0.455 e. The molecular weight excluding hydrogens is 628 g/mol. The van der Waals surface area contributed by atoms with Crippen molar-refractivity contribution >= 4 is 34.7 Å². The zero-order chi connectivity index (χ0) is 34.5. The number of carbonyl (C=O) groups excluding carboxylic acids is 4. The highest BCUT2D eigenvalue weighted by atomic mass is 16.6. The molecule has 3 aliphatic heterocycles. The molecule has 258 valence electrons. The van der Waals surface area contributed by atoms with Gasteiger partial charge in [-0.15, -0.1) is 18.3 Å². The van der Waals surface area contributed by atoms with Crippen LogP contribution in [0.4, 0.5) is 0 Å². The molecule has 2 aromatic carbocycles. The molecule has 3 fully saturated rings. The summed E-state index contributed by atoms with van der Waals surface area (Å²) in [5.41, 5.74) is 0.848. The zero-order valence-electron chi connectivity index (χ0n) is 27.4. The van der Waals surface area contributed by atoms with E-state index >= 15 is 0 Å². The summed E-state index contributed by atoms with van der Waals surface area (Å²) in [6.07, 6.45) is 3.71. The van der Waals surface area contributed by atoms with E-state index in [1.165, 1.54) is 4.90 Å². The molecule has 3 aromatic rings. The first-order valence-corrected chi connectivity index (χ1v) is 16.7. The van der Waals surface area contributed by atoms with Crippen molar-refractivity contribution in [2.75, 3.05) is 26.2 Å². The minimum atomic E-state index is -1.26. The molecule has 13 nitrogen and oxygen atoms in total. The van der Waals surface area contributed by atoms with Gasteiger partial charge in [0.1, 0.15) is 29.9 Å². The van der Waals surface area contributed by atoms with Gasteiger partial charge >= 0.3 is 5.97 Å². The second-order valence-corrected chi connectivity index (χ2v) is 12.7. The number of rotatable bonds is 16. The van der Waals surface area contributed by atoms with E-state index in [9.17, 15) is 24.3 Å². The van der Waals surface area contributed by atoms with Crippen LogP contribution in [0, 0.1) is 11.8 Å². The number of amides is 3. The van der Waals surface area contributed by atoms with Crippen molar-refractivity contribution in [3.05, 3.63) is 85.5 Å². The van der Waals surface area contributed by atoms with Crippen LogP contribution in [0.25, 0.3) is 11.0 Å². The highest BCUT2D eigenvalue weighted by molar-refractivity contribution is 5.98. The molecule has 0 radical (unpaired) electrons. The maximum atomic E-state index is 14.6. The Labute approximate surface area is 284 Å². The highest BCUT2D eigenvalue weighted by Gasteiger charge is 2.75. The van der Waals surface area contributed by atoms with Gasteiger partial charge in [-0.05, 0) is 43.4 Å². The normalized spacial score (nSPS) is 24.4. The number of aliphatic hydroxyl groups is 1. The molecule has 1 spiro atoms. The first kappa shape index (κ1) is 34.0. The molecule has 3 amide bonds. The van der Waals surface area contributed by atoms with Crippen LogP contribution in [0.5, 0.6) is 0 Å². The van der Waals surface area contributed by atoms with Crippen LogP contribution in [0.2, 0.25) is 0 Å². The summed E-state index contributed by atoms with van der Waals surface area (Å²) in [5, 5.41) is 21.0. The molecule has 6 rings (SSSR count). The van der Waals surface area contributed by atoms with Crippen LogP contribution >= 0.6 is 0 Å². The molecule has 1 aromatic heterocycles. The van der Waals surface area contributed by atoms with Crippen LogP contribution in [-0.4, -0.2) is 97.6 Å². The van der Waals surface area contributed by atoms with Gasteiger partial charge in [-0.3, -0.25) is 19.2 Å². The predicted molar refractivity (Wildman–Crippen MR) is 178 cm³/mol. The second kappa shape index (κ2) is 14.7. The van der Waals surface area contributed by atoms with Crippen molar-refractivity contribution in [1.82, 2.24) is 30.1 Å². The summed E-state index contributed by atoms with van der Waals surface area (Å²) in [5.74, 6) is -3.48. The quantitative estimate of drug-likeness (QED) is 0.173. The Bertz CT molecular complexity index is 1710. The van der Waals surface area contributed by atoms with E-state index in [1.54, 1.807) is 21.7 Å². The number of hydrogen-bond donors (Lipinski definition) is 2. The molecule has 2 bridgehead atoms. The molecule has 13 heteroatoms. The third-order valence-electron chi connectivity index (χ3n) is 9.74. The number of nitrogens with one attached hydrogen (secondary N) is 1. The second-order valence-electron chi connectivity index (χ2n) is 12.7. The standard InChI is InChI=1S/C36H42N6O7/c1-3-5-16-29(44)37-22-28(24-12-7-6-8-13-24)48-35(47)30-27-17-18-36(49-27)31(30)33(45)41(20-11-21-43)32(36)34(46)40(19-4-2)23-42-26-15-10-9-14-25(26)38-39-42/h3-4,6-10,12-15,27-28,30-32,43H,1-2,5,11,16-23H2,(H,37,44)/t27-,28-,30+,31+,32-,36+/m1/s1. The van der Waals surface area contributed by atoms with E-state index in [1.807, 2.05) is 54.6 Å². The highest BCUT2D eigenvalue weighted by Crippen LogP contribution is 2.59. The molecule has 4 heterocycles. The molecule has 0 saturated carbocycles. The summed E-state index contributed by atoms with van der Waals surface area (Å²) in [6.45, 7) is 7.69. The van der Waals surface area contributed by atoms with Crippen molar-refractivity contribution < 1.29 is 33.8 Å². The lowest BCUT2D eigenvalue weighted by Crippen LogP contribution is -2.56. The molecular formula is C36H42N6O7. The van der Waals surface area contributed by atoms with Crippen molar-refractivity contribution in [3.8, 4) is 0 Å². The fourth-order valence-electron chi connectivity index (χ4n) is 7.55. The van der Waals surface area contributed by atoms with Gasteiger partial charge in [-0.1, -0.05) is 59.8 Å². The summed E-state index contributed by atoms with van der Waals surface area (Å²) in [6, 6.07) is 15.5. The number of aromatic nitrogens is 3. The Balaban J connectivity index is 1.28. The SMILES string of the molecule is C=CCCC(=O)NC[C@@H](OC(=O)[C@@H]1[C@H]2C(=O)N(CCCO)[C@H](C(=O)N(CC=C)Cn3nnc4ccccc43)[C@]23CC[C@H]1O3)c1ccccc1. The summed E-state index contributed by atoms with van der Waals surface area (Å²) < 4.78 is 14.3. The number of esters is 1. The molecule has 3 saturated heterocycles. The monoisotopic (exact) mass is 670 g/mol. The third-order valence-corrected chi connectivity index (χ3v) is 9.74. The topological polar surface area (TPSA) is 156 Å². The summed E-state index contributed by atoms with van der Waals surface area (Å²) in [4.78, 5) is 58.5. The first-order valence-electron chi connectivity index (χ1n) is 16.7. The molecule has 0 aliphatic carbocycles. The number of likely N-dealkylation sites (tertiary alicyclic amines) is 1.